The van der Waals surface area contributed by atoms with Gasteiger partial charge in [-0.25, -0.2) is 0 Å². The average molecular weight is 300 g/mol. The van der Waals surface area contributed by atoms with Crippen molar-refractivity contribution in [2.75, 3.05) is 0 Å². The van der Waals surface area contributed by atoms with Gasteiger partial charge in [-0.3, -0.25) is 4.68 Å². The first-order valence-electron chi connectivity index (χ1n) is 2.81. The molecule has 1 aromatic heterocycles. The van der Waals surface area contributed by atoms with E-state index in [2.05, 4.69) is 43.5 Å². The molecule has 0 aliphatic carbocycles. The number of allylic oxidation sites excluding steroid dienone is 1. The van der Waals surface area contributed by atoms with Crippen molar-refractivity contribution >= 4 is 43.5 Å². The highest BCUT2D eigenvalue weighted by molar-refractivity contribution is 9.11. The molecule has 60 valence electrons. The van der Waals surface area contributed by atoms with Gasteiger partial charge in [0.1, 0.15) is 9.21 Å². The van der Waals surface area contributed by atoms with Gasteiger partial charge in [-0.2, -0.15) is 5.10 Å². The molecule has 0 saturated heterocycles. The van der Waals surface area contributed by atoms with Crippen LogP contribution >= 0.6 is 43.5 Å². The number of hydrogen-bond acceptors (Lipinski definition) is 1. The van der Waals surface area contributed by atoms with Crippen molar-refractivity contribution in [3.8, 4) is 0 Å². The molecular formula is C6H5Br2ClN2. The zero-order valence-corrected chi connectivity index (χ0v) is 9.45. The predicted octanol–water partition coefficient (Wildman–Crippen LogP) is 3.16. The van der Waals surface area contributed by atoms with Gasteiger partial charge in [-0.15, -0.1) is 0 Å². The largest absolute Gasteiger partial charge is 0.252 e. The lowest BCUT2D eigenvalue weighted by Crippen LogP contribution is -1.99. The van der Waals surface area contributed by atoms with Crippen molar-refractivity contribution in [2.24, 2.45) is 0 Å². The van der Waals surface area contributed by atoms with Gasteiger partial charge in [0.25, 0.3) is 0 Å². The molecule has 0 aliphatic heterocycles. The molecule has 11 heavy (non-hydrogen) atoms. The van der Waals surface area contributed by atoms with E-state index < -0.39 is 0 Å². The summed E-state index contributed by atoms with van der Waals surface area (Å²) in [6.07, 6.45) is 0. The molecule has 1 aromatic rings. The topological polar surface area (TPSA) is 17.8 Å². The van der Waals surface area contributed by atoms with Crippen molar-refractivity contribution in [3.05, 3.63) is 26.9 Å². The average Bonchev–Trinajstić information content (AvgIpc) is 2.09. The number of aromatic nitrogens is 2. The third kappa shape index (κ3) is 2.61. The van der Waals surface area contributed by atoms with Gasteiger partial charge in [0, 0.05) is 11.1 Å². The van der Waals surface area contributed by atoms with E-state index in [4.69, 9.17) is 11.6 Å². The second-order valence-electron chi connectivity index (χ2n) is 1.96. The minimum absolute atomic E-state index is 0.522. The molecular weight excluding hydrogens is 295 g/mol. The minimum Gasteiger partial charge on any atom is -0.252 e. The lowest BCUT2D eigenvalue weighted by molar-refractivity contribution is 0.675. The van der Waals surface area contributed by atoms with E-state index >= 15 is 0 Å². The van der Waals surface area contributed by atoms with Crippen LogP contribution in [-0.2, 0) is 6.54 Å². The SMILES string of the molecule is C=C(Cl)Cn1nc(Br)cc1Br. The monoisotopic (exact) mass is 298 g/mol. The molecule has 0 unspecified atom stereocenters. The van der Waals surface area contributed by atoms with Crippen LogP contribution in [0, 0.1) is 0 Å². The Bertz CT molecular complexity index is 282. The third-order valence-corrected chi connectivity index (χ3v) is 2.17. The lowest BCUT2D eigenvalue weighted by atomic mass is 10.6. The second-order valence-corrected chi connectivity index (χ2v) is 4.12. The Hall–Kier alpha value is 0.200. The molecule has 0 aromatic carbocycles. The molecule has 0 saturated carbocycles. The van der Waals surface area contributed by atoms with Gasteiger partial charge >= 0.3 is 0 Å². The zero-order chi connectivity index (χ0) is 8.43. The lowest BCUT2D eigenvalue weighted by Gasteiger charge is -1.98. The quantitative estimate of drug-likeness (QED) is 0.820. The second kappa shape index (κ2) is 3.74. The van der Waals surface area contributed by atoms with Crippen molar-refractivity contribution < 1.29 is 0 Å². The van der Waals surface area contributed by atoms with Crippen LogP contribution in [-0.4, -0.2) is 9.78 Å². The summed E-state index contributed by atoms with van der Waals surface area (Å²) in [5, 5.41) is 4.65. The number of hydrogen-bond donors (Lipinski definition) is 0. The summed E-state index contributed by atoms with van der Waals surface area (Å²) in [5.74, 6) is 0. The van der Waals surface area contributed by atoms with E-state index in [1.807, 2.05) is 6.07 Å². The summed E-state index contributed by atoms with van der Waals surface area (Å²) < 4.78 is 3.37. The summed E-state index contributed by atoms with van der Waals surface area (Å²) in [5.41, 5.74) is 0. The normalized spacial score (nSPS) is 10.1. The summed E-state index contributed by atoms with van der Waals surface area (Å²) in [7, 11) is 0. The Balaban J connectivity index is 2.85. The van der Waals surface area contributed by atoms with Crippen LogP contribution in [0.2, 0.25) is 0 Å². The van der Waals surface area contributed by atoms with E-state index in [0.717, 1.165) is 9.21 Å². The molecule has 0 spiro atoms. The highest BCUT2D eigenvalue weighted by Gasteiger charge is 2.02. The molecule has 0 atom stereocenters. The van der Waals surface area contributed by atoms with Gasteiger partial charge in [-0.1, -0.05) is 18.2 Å². The molecule has 2 nitrogen and oxygen atoms in total. The molecule has 0 fully saturated rings. The molecule has 0 amide bonds. The van der Waals surface area contributed by atoms with E-state index in [9.17, 15) is 0 Å². The van der Waals surface area contributed by atoms with E-state index in [0.29, 0.717) is 11.6 Å². The first-order chi connectivity index (χ1) is 5.09. The Labute approximate surface area is 86.5 Å². The Morgan fingerprint density at radius 2 is 2.36 bits per heavy atom. The summed E-state index contributed by atoms with van der Waals surface area (Å²) >= 11 is 12.2. The van der Waals surface area contributed by atoms with Crippen molar-refractivity contribution in [3.63, 3.8) is 0 Å². The van der Waals surface area contributed by atoms with Crippen molar-refractivity contribution in [1.29, 1.82) is 0 Å². The molecule has 5 heteroatoms. The van der Waals surface area contributed by atoms with Gasteiger partial charge < -0.3 is 0 Å². The summed E-state index contributed by atoms with van der Waals surface area (Å²) in [6, 6.07) is 1.85. The zero-order valence-electron chi connectivity index (χ0n) is 5.52. The van der Waals surface area contributed by atoms with Crippen molar-refractivity contribution in [2.45, 2.75) is 6.54 Å². The fourth-order valence-electron chi connectivity index (χ4n) is 0.638. The third-order valence-electron chi connectivity index (χ3n) is 1.02. The van der Waals surface area contributed by atoms with Crippen LogP contribution < -0.4 is 0 Å². The Morgan fingerprint density at radius 1 is 1.73 bits per heavy atom. The van der Waals surface area contributed by atoms with Gasteiger partial charge in [0.15, 0.2) is 0 Å². The smallest absolute Gasteiger partial charge is 0.129 e. The van der Waals surface area contributed by atoms with Gasteiger partial charge in [0.05, 0.1) is 6.54 Å². The van der Waals surface area contributed by atoms with Crippen LogP contribution in [0.15, 0.2) is 26.9 Å². The molecule has 0 bridgehead atoms. The van der Waals surface area contributed by atoms with Crippen LogP contribution in [0.25, 0.3) is 0 Å². The first-order valence-corrected chi connectivity index (χ1v) is 4.78. The fourth-order valence-corrected chi connectivity index (χ4v) is 1.89. The van der Waals surface area contributed by atoms with E-state index in [1.165, 1.54) is 0 Å². The maximum absolute atomic E-state index is 5.60. The number of halogens is 3. The molecule has 0 aliphatic rings. The molecule has 1 rings (SSSR count). The van der Waals surface area contributed by atoms with Crippen molar-refractivity contribution in [1.82, 2.24) is 9.78 Å². The Morgan fingerprint density at radius 3 is 2.73 bits per heavy atom. The maximum atomic E-state index is 5.60. The predicted molar refractivity (Wildman–Crippen MR) is 52.6 cm³/mol. The highest BCUT2D eigenvalue weighted by atomic mass is 79.9. The van der Waals surface area contributed by atoms with Crippen LogP contribution in [0.5, 0.6) is 0 Å². The van der Waals surface area contributed by atoms with E-state index in [1.54, 1.807) is 4.68 Å². The van der Waals surface area contributed by atoms with Gasteiger partial charge in [-0.05, 0) is 31.9 Å². The van der Waals surface area contributed by atoms with Crippen LogP contribution in [0.3, 0.4) is 0 Å². The summed E-state index contributed by atoms with van der Waals surface area (Å²) in [4.78, 5) is 0. The number of rotatable bonds is 2. The van der Waals surface area contributed by atoms with E-state index in [-0.39, 0.29) is 0 Å². The highest BCUT2D eigenvalue weighted by Crippen LogP contribution is 2.17. The molecule has 0 N–H and O–H groups in total. The number of nitrogens with zero attached hydrogens (tertiary/aromatic N) is 2. The Kier molecular flexibility index (Phi) is 3.16. The van der Waals surface area contributed by atoms with Crippen LogP contribution in [0.4, 0.5) is 0 Å². The standard InChI is InChI=1S/C6H5Br2ClN2/c1-4(9)3-11-6(8)2-5(7)10-11/h2H,1,3H2. The molecule has 1 heterocycles. The minimum atomic E-state index is 0.522. The van der Waals surface area contributed by atoms with Crippen LogP contribution in [0.1, 0.15) is 0 Å². The molecule has 0 radical (unpaired) electrons. The van der Waals surface area contributed by atoms with Gasteiger partial charge in [0.2, 0.25) is 0 Å². The maximum Gasteiger partial charge on any atom is 0.129 e. The first kappa shape index (κ1) is 9.29. The fraction of sp³-hybridized carbons (Fsp3) is 0.167. The summed E-state index contributed by atoms with van der Waals surface area (Å²) in [6.45, 7) is 4.09.